The molecule has 2 aromatic heterocycles. The van der Waals surface area contributed by atoms with Crippen LogP contribution in [0.3, 0.4) is 0 Å². The van der Waals surface area contributed by atoms with Gasteiger partial charge in [-0.1, -0.05) is 12.1 Å². The molecule has 0 aliphatic heterocycles. The molecule has 0 saturated heterocycles. The first kappa shape index (κ1) is 23.2. The van der Waals surface area contributed by atoms with Gasteiger partial charge in [0.2, 0.25) is 0 Å². The lowest BCUT2D eigenvalue weighted by Gasteiger charge is -2.08. The summed E-state index contributed by atoms with van der Waals surface area (Å²) >= 11 is 0. The molecule has 5 N–H and O–H groups in total. The molecule has 0 fully saturated rings. The normalized spacial score (nSPS) is 11.8. The molecule has 0 unspecified atom stereocenters. The number of nitrogens with zero attached hydrogens (tertiary/aromatic N) is 4. The average Bonchev–Trinajstić information content (AvgIpc) is 2.86. The van der Waals surface area contributed by atoms with Crippen LogP contribution in [0.4, 0.5) is 25.8 Å². The van der Waals surface area contributed by atoms with Gasteiger partial charge in [-0.2, -0.15) is 0 Å². The predicted molar refractivity (Wildman–Crippen MR) is 130 cm³/mol. The molecule has 0 saturated carbocycles. The number of pyridine rings is 2. The molecular formula is C25H19F2N7O. The smallest absolute Gasteiger partial charge is 0.258 e. The highest BCUT2D eigenvalue weighted by Gasteiger charge is 2.14. The molecule has 0 aliphatic rings. The van der Waals surface area contributed by atoms with Crippen molar-refractivity contribution in [3.05, 3.63) is 114 Å². The van der Waals surface area contributed by atoms with E-state index in [9.17, 15) is 13.6 Å². The van der Waals surface area contributed by atoms with Crippen LogP contribution in [0.5, 0.6) is 0 Å². The Morgan fingerprint density at radius 2 is 1.43 bits per heavy atom. The van der Waals surface area contributed by atoms with Crippen LogP contribution in [0.2, 0.25) is 0 Å². The number of nitrogens with two attached hydrogens (primary N) is 2. The molecule has 0 atom stereocenters. The van der Waals surface area contributed by atoms with Gasteiger partial charge in [-0.3, -0.25) is 14.8 Å². The maximum absolute atomic E-state index is 14.6. The van der Waals surface area contributed by atoms with Crippen molar-refractivity contribution < 1.29 is 13.6 Å². The Morgan fingerprint density at radius 3 is 2.00 bits per heavy atom. The van der Waals surface area contributed by atoms with Crippen molar-refractivity contribution in [1.29, 1.82) is 0 Å². The van der Waals surface area contributed by atoms with E-state index in [-0.39, 0.29) is 34.3 Å². The van der Waals surface area contributed by atoms with Crippen LogP contribution in [0.1, 0.15) is 21.7 Å². The Morgan fingerprint density at radius 1 is 0.771 bits per heavy atom. The van der Waals surface area contributed by atoms with Gasteiger partial charge in [-0.15, -0.1) is 0 Å². The van der Waals surface area contributed by atoms with E-state index in [1.54, 1.807) is 48.8 Å². The molecule has 35 heavy (non-hydrogen) atoms. The van der Waals surface area contributed by atoms with E-state index in [0.717, 1.165) is 12.1 Å². The summed E-state index contributed by atoms with van der Waals surface area (Å²) < 4.78 is 29.1. The monoisotopic (exact) mass is 471 g/mol. The standard InChI is InChI=1S/C25H19F2N7O/c26-18-13-15(32-23(28)21-5-1-3-11-30-21)7-9-17(18)25(35)33-16-8-10-20(19(27)14-16)34-24(29)22-6-2-4-12-31-22/h1-14H,(H2,28,32)(H2,29,34)(H,33,35). The number of amidine groups is 2. The summed E-state index contributed by atoms with van der Waals surface area (Å²) in [6.45, 7) is 0. The van der Waals surface area contributed by atoms with Crippen molar-refractivity contribution in [3.8, 4) is 0 Å². The largest absolute Gasteiger partial charge is 0.382 e. The quantitative estimate of drug-likeness (QED) is 0.288. The molecule has 4 rings (SSSR count). The Bertz CT molecular complexity index is 1420. The number of aliphatic imine (C=N–C) groups is 2. The maximum Gasteiger partial charge on any atom is 0.258 e. The molecule has 2 aromatic carbocycles. The van der Waals surface area contributed by atoms with E-state index in [2.05, 4.69) is 25.3 Å². The van der Waals surface area contributed by atoms with Crippen LogP contribution < -0.4 is 16.8 Å². The number of anilines is 1. The molecule has 174 valence electrons. The second-order valence-electron chi connectivity index (χ2n) is 7.21. The number of hydrogen-bond donors (Lipinski definition) is 3. The first-order chi connectivity index (χ1) is 16.9. The highest BCUT2D eigenvalue weighted by Crippen LogP contribution is 2.24. The van der Waals surface area contributed by atoms with Gasteiger partial charge in [0, 0.05) is 24.1 Å². The highest BCUT2D eigenvalue weighted by molar-refractivity contribution is 6.05. The van der Waals surface area contributed by atoms with Crippen LogP contribution in [0.15, 0.2) is 95.2 Å². The molecule has 0 spiro atoms. The van der Waals surface area contributed by atoms with E-state index in [1.165, 1.54) is 24.3 Å². The molecule has 2 heterocycles. The number of benzene rings is 2. The lowest BCUT2D eigenvalue weighted by Crippen LogP contribution is -2.15. The second kappa shape index (κ2) is 10.3. The topological polar surface area (TPSA) is 132 Å². The second-order valence-corrected chi connectivity index (χ2v) is 7.21. The maximum atomic E-state index is 14.6. The summed E-state index contributed by atoms with van der Waals surface area (Å²) in [5, 5.41) is 2.46. The van der Waals surface area contributed by atoms with Crippen molar-refractivity contribution in [2.24, 2.45) is 21.5 Å². The molecule has 4 aromatic rings. The van der Waals surface area contributed by atoms with Crippen LogP contribution >= 0.6 is 0 Å². The predicted octanol–water partition coefficient (Wildman–Crippen LogP) is 4.08. The summed E-state index contributed by atoms with van der Waals surface area (Å²) in [5.74, 6) is -2.17. The van der Waals surface area contributed by atoms with Crippen LogP contribution in [0.25, 0.3) is 0 Å². The van der Waals surface area contributed by atoms with E-state index >= 15 is 0 Å². The van der Waals surface area contributed by atoms with E-state index in [0.29, 0.717) is 11.4 Å². The van der Waals surface area contributed by atoms with E-state index in [4.69, 9.17) is 11.5 Å². The lowest BCUT2D eigenvalue weighted by atomic mass is 10.1. The Balaban J connectivity index is 1.48. The fourth-order valence-electron chi connectivity index (χ4n) is 3.04. The number of hydrogen-bond acceptors (Lipinski definition) is 5. The van der Waals surface area contributed by atoms with Crippen molar-refractivity contribution in [2.45, 2.75) is 0 Å². The minimum absolute atomic E-state index is 0.0368. The number of rotatable bonds is 6. The summed E-state index contributed by atoms with van der Waals surface area (Å²) in [7, 11) is 0. The third-order valence-corrected chi connectivity index (χ3v) is 4.75. The minimum Gasteiger partial charge on any atom is -0.382 e. The van der Waals surface area contributed by atoms with Gasteiger partial charge >= 0.3 is 0 Å². The van der Waals surface area contributed by atoms with E-state index in [1.807, 2.05) is 0 Å². The zero-order valence-corrected chi connectivity index (χ0v) is 18.2. The summed E-state index contributed by atoms with van der Waals surface area (Å²) in [6.07, 6.45) is 3.10. The Labute approximate surface area is 199 Å². The highest BCUT2D eigenvalue weighted by atomic mass is 19.1. The number of halogens is 2. The molecule has 10 heteroatoms. The SMILES string of the molecule is NC(=Nc1ccc(C(=O)Nc2ccc(N=C(N)c3ccccn3)c(F)c2)c(F)c1)c1ccccn1. The molecule has 0 radical (unpaired) electrons. The zero-order chi connectivity index (χ0) is 24.8. The van der Waals surface area contributed by atoms with Crippen molar-refractivity contribution >= 4 is 34.6 Å². The van der Waals surface area contributed by atoms with Crippen LogP contribution in [-0.2, 0) is 0 Å². The number of amides is 1. The lowest BCUT2D eigenvalue weighted by molar-refractivity contribution is 0.102. The van der Waals surface area contributed by atoms with Gasteiger partial charge in [0.25, 0.3) is 5.91 Å². The first-order valence-corrected chi connectivity index (χ1v) is 10.3. The third kappa shape index (κ3) is 5.69. The third-order valence-electron chi connectivity index (χ3n) is 4.75. The average molecular weight is 471 g/mol. The van der Waals surface area contributed by atoms with Gasteiger partial charge in [0.15, 0.2) is 5.82 Å². The molecule has 1 amide bonds. The fourth-order valence-corrected chi connectivity index (χ4v) is 3.04. The minimum atomic E-state index is -0.817. The first-order valence-electron chi connectivity index (χ1n) is 10.3. The van der Waals surface area contributed by atoms with Gasteiger partial charge in [0.1, 0.15) is 34.6 Å². The Hall–Kier alpha value is -4.99. The van der Waals surface area contributed by atoms with Crippen LogP contribution in [-0.4, -0.2) is 27.5 Å². The number of carbonyl (C=O) groups is 1. The number of nitrogens with one attached hydrogen (secondary N) is 1. The van der Waals surface area contributed by atoms with Crippen LogP contribution in [0, 0.1) is 11.6 Å². The van der Waals surface area contributed by atoms with Crippen molar-refractivity contribution in [1.82, 2.24) is 9.97 Å². The number of aromatic nitrogens is 2. The summed E-state index contributed by atoms with van der Waals surface area (Å²) in [6, 6.07) is 17.8. The molecule has 0 aliphatic carbocycles. The van der Waals surface area contributed by atoms with Crippen molar-refractivity contribution in [3.63, 3.8) is 0 Å². The molecule has 0 bridgehead atoms. The summed E-state index contributed by atoms with van der Waals surface area (Å²) in [5.41, 5.74) is 12.6. The summed E-state index contributed by atoms with van der Waals surface area (Å²) in [4.78, 5) is 28.8. The Kier molecular flexibility index (Phi) is 6.82. The van der Waals surface area contributed by atoms with Gasteiger partial charge in [-0.25, -0.2) is 18.8 Å². The zero-order valence-electron chi connectivity index (χ0n) is 18.2. The molecular weight excluding hydrogens is 452 g/mol. The van der Waals surface area contributed by atoms with Gasteiger partial charge in [-0.05, 0) is 54.6 Å². The van der Waals surface area contributed by atoms with Gasteiger partial charge < -0.3 is 16.8 Å². The van der Waals surface area contributed by atoms with Crippen molar-refractivity contribution in [2.75, 3.05) is 5.32 Å². The fraction of sp³-hybridized carbons (Fsp3) is 0. The number of carbonyl (C=O) groups excluding carboxylic acids is 1. The molecule has 8 nitrogen and oxygen atoms in total. The van der Waals surface area contributed by atoms with E-state index < -0.39 is 17.5 Å². The van der Waals surface area contributed by atoms with Gasteiger partial charge in [0.05, 0.1) is 11.3 Å².